The van der Waals surface area contributed by atoms with Crippen LogP contribution in [0.3, 0.4) is 0 Å². The normalized spacial score (nSPS) is 14.9. The summed E-state index contributed by atoms with van der Waals surface area (Å²) in [6.07, 6.45) is 3.97. The minimum absolute atomic E-state index is 0. The summed E-state index contributed by atoms with van der Waals surface area (Å²) >= 11 is 1.80. The molecule has 1 aromatic carbocycles. The van der Waals surface area contributed by atoms with Crippen LogP contribution in [0.2, 0.25) is 0 Å². The summed E-state index contributed by atoms with van der Waals surface area (Å²) < 4.78 is 5.44. The van der Waals surface area contributed by atoms with Gasteiger partial charge < -0.3 is 15.4 Å². The molecule has 0 amide bonds. The Morgan fingerprint density at radius 1 is 1.20 bits per heavy atom. The molecule has 8 heteroatoms. The van der Waals surface area contributed by atoms with Gasteiger partial charge in [-0.05, 0) is 24.5 Å². The molecule has 1 aromatic heterocycles. The smallest absolute Gasteiger partial charge is 0.191 e. The lowest BCUT2D eigenvalue weighted by atomic mass is 10.1. The van der Waals surface area contributed by atoms with Crippen molar-refractivity contribution in [3.63, 3.8) is 0 Å². The summed E-state index contributed by atoms with van der Waals surface area (Å²) in [5.74, 6) is 0.860. The molecular formula is C22H34IN5OS. The number of benzene rings is 1. The number of morpholine rings is 1. The van der Waals surface area contributed by atoms with Gasteiger partial charge in [-0.15, -0.1) is 35.3 Å². The Bertz CT molecular complexity index is 776. The first kappa shape index (κ1) is 25.0. The van der Waals surface area contributed by atoms with Gasteiger partial charge in [0, 0.05) is 50.2 Å². The van der Waals surface area contributed by atoms with E-state index in [1.54, 1.807) is 11.3 Å². The largest absolute Gasteiger partial charge is 0.379 e. The maximum atomic E-state index is 5.44. The van der Waals surface area contributed by atoms with Crippen LogP contribution in [0, 0.1) is 0 Å². The van der Waals surface area contributed by atoms with Gasteiger partial charge >= 0.3 is 0 Å². The number of hydrogen-bond acceptors (Lipinski definition) is 5. The van der Waals surface area contributed by atoms with Crippen molar-refractivity contribution in [1.82, 2.24) is 20.5 Å². The molecule has 3 rings (SSSR count). The van der Waals surface area contributed by atoms with Crippen LogP contribution in [0.25, 0.3) is 0 Å². The van der Waals surface area contributed by atoms with Crippen LogP contribution in [0.4, 0.5) is 0 Å². The molecule has 1 saturated heterocycles. The number of aliphatic imine (C=N–C) groups is 1. The quantitative estimate of drug-likeness (QED) is 0.288. The molecule has 2 aromatic rings. The summed E-state index contributed by atoms with van der Waals surface area (Å²) in [4.78, 5) is 13.0. The zero-order valence-electron chi connectivity index (χ0n) is 18.0. The molecule has 0 saturated carbocycles. The van der Waals surface area contributed by atoms with Crippen LogP contribution in [-0.2, 0) is 30.7 Å². The number of nitrogens with zero attached hydrogens (tertiary/aromatic N) is 3. The predicted molar refractivity (Wildman–Crippen MR) is 136 cm³/mol. The number of thiazole rings is 1. The highest BCUT2D eigenvalue weighted by Gasteiger charge is 2.10. The van der Waals surface area contributed by atoms with Crippen LogP contribution in [0.5, 0.6) is 0 Å². The fourth-order valence-corrected chi connectivity index (χ4v) is 4.13. The van der Waals surface area contributed by atoms with Gasteiger partial charge in [0.1, 0.15) is 0 Å². The second kappa shape index (κ2) is 14.0. The van der Waals surface area contributed by atoms with Crippen LogP contribution < -0.4 is 10.6 Å². The highest BCUT2D eigenvalue weighted by atomic mass is 127. The van der Waals surface area contributed by atoms with Crippen molar-refractivity contribution < 1.29 is 4.74 Å². The van der Waals surface area contributed by atoms with E-state index in [9.17, 15) is 0 Å². The number of ether oxygens (including phenoxy) is 1. The van der Waals surface area contributed by atoms with E-state index in [0.29, 0.717) is 6.54 Å². The molecule has 0 spiro atoms. The minimum atomic E-state index is 0. The van der Waals surface area contributed by atoms with Gasteiger partial charge in [0.25, 0.3) is 0 Å². The molecule has 1 fully saturated rings. The Labute approximate surface area is 201 Å². The summed E-state index contributed by atoms with van der Waals surface area (Å²) in [5, 5.41) is 7.95. The van der Waals surface area contributed by atoms with E-state index in [1.165, 1.54) is 21.0 Å². The lowest BCUT2D eigenvalue weighted by Gasteiger charge is -2.26. The van der Waals surface area contributed by atoms with E-state index in [4.69, 9.17) is 9.73 Å². The SMILES string of the molecule is CCNC(=NCc1cccc(CN2CCOCC2)c1)NCCc1ncc(CC)s1.I. The number of nitrogens with one attached hydrogen (secondary N) is 2. The molecule has 6 nitrogen and oxygen atoms in total. The van der Waals surface area contributed by atoms with Crippen LogP contribution in [0.1, 0.15) is 34.9 Å². The van der Waals surface area contributed by atoms with Gasteiger partial charge in [-0.2, -0.15) is 0 Å². The zero-order chi connectivity index (χ0) is 20.3. The third kappa shape index (κ3) is 8.49. The molecule has 1 aliphatic rings. The predicted octanol–water partition coefficient (Wildman–Crippen LogP) is 3.45. The Balaban J connectivity index is 0.00000320. The summed E-state index contributed by atoms with van der Waals surface area (Å²) in [6.45, 7) is 11.3. The first-order valence-corrected chi connectivity index (χ1v) is 11.4. The Morgan fingerprint density at radius 2 is 2.00 bits per heavy atom. The van der Waals surface area contributed by atoms with E-state index in [1.807, 2.05) is 6.20 Å². The van der Waals surface area contributed by atoms with E-state index in [0.717, 1.165) is 64.7 Å². The second-order valence-electron chi connectivity index (χ2n) is 7.15. The monoisotopic (exact) mass is 543 g/mol. The maximum Gasteiger partial charge on any atom is 0.191 e. The average molecular weight is 544 g/mol. The van der Waals surface area contributed by atoms with Gasteiger partial charge in [-0.25, -0.2) is 9.98 Å². The summed E-state index contributed by atoms with van der Waals surface area (Å²) in [5.41, 5.74) is 2.58. The summed E-state index contributed by atoms with van der Waals surface area (Å²) in [6, 6.07) is 8.75. The van der Waals surface area contributed by atoms with E-state index >= 15 is 0 Å². The molecule has 0 atom stereocenters. The van der Waals surface area contributed by atoms with Crippen molar-refractivity contribution in [3.05, 3.63) is 51.5 Å². The lowest BCUT2D eigenvalue weighted by Crippen LogP contribution is -2.38. The minimum Gasteiger partial charge on any atom is -0.379 e. The molecule has 2 heterocycles. The van der Waals surface area contributed by atoms with Gasteiger partial charge in [0.05, 0.1) is 24.8 Å². The standard InChI is InChI=1S/C22H33N5OS.HI/c1-3-20-16-25-21(29-20)8-9-24-22(23-4-2)26-15-18-6-5-7-19(14-18)17-27-10-12-28-13-11-27;/h5-7,14,16H,3-4,8-13,15,17H2,1-2H3,(H2,23,24,26);1H. The van der Waals surface area contributed by atoms with Crippen LogP contribution in [0.15, 0.2) is 35.5 Å². The van der Waals surface area contributed by atoms with Gasteiger partial charge in [-0.3, -0.25) is 4.90 Å². The van der Waals surface area contributed by atoms with Crippen LogP contribution in [-0.4, -0.2) is 55.2 Å². The van der Waals surface area contributed by atoms with Gasteiger partial charge in [0.2, 0.25) is 0 Å². The Hall–Kier alpha value is -1.23. The molecule has 166 valence electrons. The van der Waals surface area contributed by atoms with Crippen molar-refractivity contribution in [2.45, 2.75) is 39.8 Å². The molecule has 0 unspecified atom stereocenters. The molecule has 2 N–H and O–H groups in total. The molecule has 0 bridgehead atoms. The lowest BCUT2D eigenvalue weighted by molar-refractivity contribution is 0.0342. The van der Waals surface area contributed by atoms with E-state index < -0.39 is 0 Å². The number of hydrogen-bond donors (Lipinski definition) is 2. The molecular weight excluding hydrogens is 509 g/mol. The highest BCUT2D eigenvalue weighted by molar-refractivity contribution is 14.0. The average Bonchev–Trinajstić information content (AvgIpc) is 3.21. The molecule has 0 aliphatic carbocycles. The van der Waals surface area contributed by atoms with E-state index in [-0.39, 0.29) is 24.0 Å². The summed E-state index contributed by atoms with van der Waals surface area (Å²) in [7, 11) is 0. The van der Waals surface area contributed by atoms with Crippen molar-refractivity contribution >= 4 is 41.3 Å². The fraction of sp³-hybridized carbons (Fsp3) is 0.545. The Kier molecular flexibility index (Phi) is 11.6. The first-order chi connectivity index (χ1) is 14.3. The third-order valence-electron chi connectivity index (χ3n) is 4.85. The number of aryl methyl sites for hydroxylation is 1. The Morgan fingerprint density at radius 3 is 2.73 bits per heavy atom. The second-order valence-corrected chi connectivity index (χ2v) is 8.35. The van der Waals surface area contributed by atoms with Gasteiger partial charge in [-0.1, -0.05) is 31.2 Å². The van der Waals surface area contributed by atoms with Crippen molar-refractivity contribution in [3.8, 4) is 0 Å². The molecule has 30 heavy (non-hydrogen) atoms. The number of aromatic nitrogens is 1. The highest BCUT2D eigenvalue weighted by Crippen LogP contribution is 2.13. The first-order valence-electron chi connectivity index (χ1n) is 10.6. The molecule has 0 radical (unpaired) electrons. The van der Waals surface area contributed by atoms with Crippen molar-refractivity contribution in [2.24, 2.45) is 4.99 Å². The molecule has 1 aliphatic heterocycles. The van der Waals surface area contributed by atoms with Gasteiger partial charge in [0.15, 0.2) is 5.96 Å². The zero-order valence-corrected chi connectivity index (χ0v) is 21.2. The van der Waals surface area contributed by atoms with Crippen molar-refractivity contribution in [2.75, 3.05) is 39.4 Å². The van der Waals surface area contributed by atoms with Crippen molar-refractivity contribution in [1.29, 1.82) is 0 Å². The van der Waals surface area contributed by atoms with E-state index in [2.05, 4.69) is 58.6 Å². The maximum absolute atomic E-state index is 5.44. The number of halogens is 1. The number of guanidine groups is 1. The third-order valence-corrected chi connectivity index (χ3v) is 6.05. The fourth-order valence-electron chi connectivity index (χ4n) is 3.27. The van der Waals surface area contributed by atoms with Crippen LogP contribution >= 0.6 is 35.3 Å². The number of rotatable bonds is 9. The topological polar surface area (TPSA) is 61.8 Å².